The lowest BCUT2D eigenvalue weighted by molar-refractivity contribution is -0.130. The van der Waals surface area contributed by atoms with E-state index in [1.165, 1.54) is 12.8 Å². The number of ether oxygens (including phenoxy) is 1. The molecule has 1 atom stereocenters. The molecule has 0 radical (unpaired) electrons. The summed E-state index contributed by atoms with van der Waals surface area (Å²) in [7, 11) is 1.75. The molecule has 1 amide bonds. The summed E-state index contributed by atoms with van der Waals surface area (Å²) in [5.74, 6) is 0.299. The number of nitrogens with zero attached hydrogens (tertiary/aromatic N) is 1. The van der Waals surface area contributed by atoms with Gasteiger partial charge in [-0.05, 0) is 31.1 Å². The molecule has 4 heteroatoms. The van der Waals surface area contributed by atoms with E-state index in [4.69, 9.17) is 4.74 Å². The number of hydrogen-bond donors (Lipinski definition) is 1. The molecule has 0 spiro atoms. The lowest BCUT2D eigenvalue weighted by atomic mass is 10.0. The predicted molar refractivity (Wildman–Crippen MR) is 71.4 cm³/mol. The van der Waals surface area contributed by atoms with Gasteiger partial charge in [-0.25, -0.2) is 0 Å². The topological polar surface area (TPSA) is 41.6 Å². The third-order valence-electron chi connectivity index (χ3n) is 4.15. The molecule has 2 aliphatic rings. The number of carbonyl (C=O) groups excluding carboxylic acids is 1. The van der Waals surface area contributed by atoms with Crippen molar-refractivity contribution in [3.8, 4) is 0 Å². The fourth-order valence-electron chi connectivity index (χ4n) is 2.84. The summed E-state index contributed by atoms with van der Waals surface area (Å²) >= 11 is 0. The average molecular weight is 254 g/mol. The van der Waals surface area contributed by atoms with Crippen molar-refractivity contribution in [3.63, 3.8) is 0 Å². The number of nitrogens with one attached hydrogen (secondary N) is 1. The Morgan fingerprint density at radius 1 is 1.50 bits per heavy atom. The van der Waals surface area contributed by atoms with Gasteiger partial charge in [0.1, 0.15) is 0 Å². The monoisotopic (exact) mass is 254 g/mol. The fraction of sp³-hybridized carbons (Fsp3) is 0.929. The van der Waals surface area contributed by atoms with Crippen LogP contribution in [0.3, 0.4) is 0 Å². The Morgan fingerprint density at radius 3 is 2.78 bits per heavy atom. The molecule has 104 valence electrons. The van der Waals surface area contributed by atoms with Crippen LogP contribution in [0.1, 0.15) is 39.5 Å². The van der Waals surface area contributed by atoms with Crippen LogP contribution in [-0.4, -0.2) is 49.7 Å². The summed E-state index contributed by atoms with van der Waals surface area (Å²) in [4.78, 5) is 14.3. The van der Waals surface area contributed by atoms with Crippen molar-refractivity contribution in [2.45, 2.75) is 51.6 Å². The van der Waals surface area contributed by atoms with Crippen molar-refractivity contribution in [2.24, 2.45) is 5.41 Å². The maximum absolute atomic E-state index is 12.3. The average Bonchev–Trinajstić information content (AvgIpc) is 3.01. The van der Waals surface area contributed by atoms with Gasteiger partial charge in [-0.15, -0.1) is 0 Å². The van der Waals surface area contributed by atoms with Gasteiger partial charge in [-0.3, -0.25) is 4.79 Å². The third kappa shape index (κ3) is 3.23. The van der Waals surface area contributed by atoms with Crippen LogP contribution >= 0.6 is 0 Å². The third-order valence-corrected chi connectivity index (χ3v) is 4.15. The van der Waals surface area contributed by atoms with Gasteiger partial charge in [0.15, 0.2) is 0 Å². The summed E-state index contributed by atoms with van der Waals surface area (Å²) in [6.07, 6.45) is 4.55. The lowest BCUT2D eigenvalue weighted by Gasteiger charge is -2.24. The number of likely N-dealkylation sites (tertiary alicyclic amines) is 1. The van der Waals surface area contributed by atoms with Gasteiger partial charge in [0, 0.05) is 32.8 Å². The molecule has 1 aliphatic carbocycles. The highest BCUT2D eigenvalue weighted by molar-refractivity contribution is 5.84. The summed E-state index contributed by atoms with van der Waals surface area (Å²) < 4.78 is 5.17. The van der Waals surface area contributed by atoms with Crippen LogP contribution in [0.25, 0.3) is 0 Å². The molecule has 1 heterocycles. The number of hydrogen-bond acceptors (Lipinski definition) is 3. The molecule has 1 N–H and O–H groups in total. The van der Waals surface area contributed by atoms with E-state index in [9.17, 15) is 4.79 Å². The smallest absolute Gasteiger partial charge is 0.239 e. The van der Waals surface area contributed by atoms with Gasteiger partial charge in [0.2, 0.25) is 5.91 Å². The minimum atomic E-state index is 0.0447. The van der Waals surface area contributed by atoms with Crippen LogP contribution in [0.4, 0.5) is 0 Å². The molecule has 0 aromatic carbocycles. The van der Waals surface area contributed by atoms with Gasteiger partial charge < -0.3 is 15.0 Å². The first kappa shape index (κ1) is 13.8. The van der Waals surface area contributed by atoms with Crippen molar-refractivity contribution < 1.29 is 9.53 Å². The highest BCUT2D eigenvalue weighted by Gasteiger charge is 2.46. The Bertz CT molecular complexity index is 300. The van der Waals surface area contributed by atoms with Crippen molar-refractivity contribution in [1.82, 2.24) is 10.2 Å². The second kappa shape index (κ2) is 5.57. The second-order valence-electron chi connectivity index (χ2n) is 6.17. The zero-order chi connectivity index (χ0) is 13.2. The molecule has 2 rings (SSSR count). The predicted octanol–water partition coefficient (Wildman–Crippen LogP) is 1.40. The number of methoxy groups -OCH3 is 1. The first-order valence-corrected chi connectivity index (χ1v) is 7.10. The Kier molecular flexibility index (Phi) is 4.28. The zero-order valence-electron chi connectivity index (χ0n) is 11.9. The maximum Gasteiger partial charge on any atom is 0.239 e. The van der Waals surface area contributed by atoms with E-state index < -0.39 is 0 Å². The SMILES string of the molecule is COCCC1(CN2CCC(NC(C)C)C2=O)CC1. The van der Waals surface area contributed by atoms with Gasteiger partial charge in [-0.1, -0.05) is 13.8 Å². The Morgan fingerprint density at radius 2 is 2.22 bits per heavy atom. The summed E-state index contributed by atoms with van der Waals surface area (Å²) in [6, 6.07) is 0.422. The van der Waals surface area contributed by atoms with Crippen LogP contribution < -0.4 is 5.32 Å². The summed E-state index contributed by atoms with van der Waals surface area (Å²) in [5, 5.41) is 3.35. The van der Waals surface area contributed by atoms with Gasteiger partial charge in [0.05, 0.1) is 6.04 Å². The Balaban J connectivity index is 1.82. The molecule has 4 nitrogen and oxygen atoms in total. The van der Waals surface area contributed by atoms with E-state index >= 15 is 0 Å². The quantitative estimate of drug-likeness (QED) is 0.747. The molecular formula is C14H26N2O2. The molecule has 18 heavy (non-hydrogen) atoms. The lowest BCUT2D eigenvalue weighted by Crippen LogP contribution is -2.42. The van der Waals surface area contributed by atoms with E-state index in [1.54, 1.807) is 7.11 Å². The van der Waals surface area contributed by atoms with E-state index in [-0.39, 0.29) is 6.04 Å². The first-order chi connectivity index (χ1) is 8.56. The Hall–Kier alpha value is -0.610. The standard InChI is InChI=1S/C14H26N2O2/c1-11(2)15-12-4-8-16(13(12)17)10-14(5-6-14)7-9-18-3/h11-12,15H,4-10H2,1-3H3. The number of rotatable bonds is 7. The number of carbonyl (C=O) groups is 1. The highest BCUT2D eigenvalue weighted by atomic mass is 16.5. The van der Waals surface area contributed by atoms with Crippen molar-refractivity contribution in [2.75, 3.05) is 26.8 Å². The van der Waals surface area contributed by atoms with E-state index in [0.29, 0.717) is 17.4 Å². The zero-order valence-corrected chi connectivity index (χ0v) is 11.9. The van der Waals surface area contributed by atoms with Gasteiger partial charge >= 0.3 is 0 Å². The molecule has 0 aromatic heterocycles. The molecule has 1 saturated carbocycles. The van der Waals surface area contributed by atoms with E-state index in [2.05, 4.69) is 24.1 Å². The molecule has 1 unspecified atom stereocenters. The van der Waals surface area contributed by atoms with Gasteiger partial charge in [-0.2, -0.15) is 0 Å². The van der Waals surface area contributed by atoms with Crippen LogP contribution in [0, 0.1) is 5.41 Å². The van der Waals surface area contributed by atoms with Crippen LogP contribution in [0.5, 0.6) is 0 Å². The van der Waals surface area contributed by atoms with Crippen molar-refractivity contribution in [1.29, 1.82) is 0 Å². The largest absolute Gasteiger partial charge is 0.385 e. The van der Waals surface area contributed by atoms with E-state index in [0.717, 1.165) is 32.5 Å². The molecule has 1 saturated heterocycles. The fourth-order valence-corrected chi connectivity index (χ4v) is 2.84. The Labute approximate surface area is 110 Å². The second-order valence-corrected chi connectivity index (χ2v) is 6.17. The molecule has 0 aromatic rings. The molecular weight excluding hydrogens is 228 g/mol. The highest BCUT2D eigenvalue weighted by Crippen LogP contribution is 2.49. The van der Waals surface area contributed by atoms with Gasteiger partial charge in [0.25, 0.3) is 0 Å². The summed E-state index contributed by atoms with van der Waals surface area (Å²) in [5.41, 5.74) is 0.373. The maximum atomic E-state index is 12.3. The van der Waals surface area contributed by atoms with Crippen LogP contribution in [0.2, 0.25) is 0 Å². The minimum Gasteiger partial charge on any atom is -0.385 e. The van der Waals surface area contributed by atoms with Crippen LogP contribution in [-0.2, 0) is 9.53 Å². The number of amides is 1. The molecule has 2 fully saturated rings. The summed E-state index contributed by atoms with van der Waals surface area (Å²) in [6.45, 7) is 6.85. The first-order valence-electron chi connectivity index (χ1n) is 7.10. The van der Waals surface area contributed by atoms with Crippen molar-refractivity contribution >= 4 is 5.91 Å². The normalized spacial score (nSPS) is 26.1. The van der Waals surface area contributed by atoms with Crippen LogP contribution in [0.15, 0.2) is 0 Å². The van der Waals surface area contributed by atoms with Crippen molar-refractivity contribution in [3.05, 3.63) is 0 Å². The molecule has 1 aliphatic heterocycles. The molecule has 0 bridgehead atoms. The van der Waals surface area contributed by atoms with E-state index in [1.807, 2.05) is 0 Å². The minimum absolute atomic E-state index is 0.0447.